The van der Waals surface area contributed by atoms with Gasteiger partial charge in [-0.15, -0.1) is 0 Å². The van der Waals surface area contributed by atoms with E-state index < -0.39 is 11.4 Å². The van der Waals surface area contributed by atoms with E-state index in [2.05, 4.69) is 4.98 Å². The molecule has 0 aromatic carbocycles. The standard InChI is InChI=1S/C26H36FN5O3/c1-18(20-11-8-12-28-24(20)34-19-9-6-7-10-19)22-29-23(21(27)17-30(22)5)31-13-15-32(16-14-31)25(33)35-26(2,3)4/h8,11-12,17,19H,6-7,9-10,13-16H2,1-5H3/b22-18+. The number of carbonyl (C=O) groups excluding carboxylic acids is 1. The average Bonchev–Trinajstić information content (AvgIpc) is 3.31. The summed E-state index contributed by atoms with van der Waals surface area (Å²) in [6, 6.07) is 3.84. The summed E-state index contributed by atoms with van der Waals surface area (Å²) in [5.74, 6) is 1.11. The number of allylic oxidation sites excluding steroid dienone is 1. The molecule has 1 aliphatic carbocycles. The second-order valence-electron chi connectivity index (χ2n) is 10.3. The predicted molar refractivity (Wildman–Crippen MR) is 133 cm³/mol. The minimum Gasteiger partial charge on any atom is -0.474 e. The molecule has 0 spiro atoms. The number of ether oxygens (including phenoxy) is 2. The molecule has 3 heterocycles. The lowest BCUT2D eigenvalue weighted by Gasteiger charge is -2.38. The lowest BCUT2D eigenvalue weighted by Crippen LogP contribution is -2.52. The number of hydrogen-bond acceptors (Lipinski definition) is 7. The van der Waals surface area contributed by atoms with Crippen LogP contribution in [0.5, 0.6) is 5.88 Å². The molecule has 2 aliphatic heterocycles. The Bertz CT molecular complexity index is 1030. The van der Waals surface area contributed by atoms with Crippen LogP contribution in [0.1, 0.15) is 58.9 Å². The molecule has 2 fully saturated rings. The Balaban J connectivity index is 1.54. The summed E-state index contributed by atoms with van der Waals surface area (Å²) in [7, 11) is 1.78. The third-order valence-corrected chi connectivity index (χ3v) is 6.39. The molecule has 1 saturated carbocycles. The zero-order valence-corrected chi connectivity index (χ0v) is 21.4. The Morgan fingerprint density at radius 1 is 1.14 bits per heavy atom. The van der Waals surface area contributed by atoms with E-state index >= 15 is 4.39 Å². The average molecular weight is 486 g/mol. The van der Waals surface area contributed by atoms with Crippen molar-refractivity contribution in [2.75, 3.05) is 33.2 Å². The number of carbonyl (C=O) groups is 1. The number of piperazine rings is 1. The van der Waals surface area contributed by atoms with Crippen LogP contribution in [0.2, 0.25) is 0 Å². The van der Waals surface area contributed by atoms with E-state index in [0.29, 0.717) is 37.9 Å². The Labute approximate surface area is 207 Å². The first-order chi connectivity index (χ1) is 16.6. The lowest BCUT2D eigenvalue weighted by atomic mass is 10.1. The van der Waals surface area contributed by atoms with Crippen molar-refractivity contribution in [1.82, 2.24) is 19.7 Å². The summed E-state index contributed by atoms with van der Waals surface area (Å²) < 4.78 is 26.7. The molecule has 1 aromatic rings. The predicted octanol–water partition coefficient (Wildman–Crippen LogP) is 4.80. The highest BCUT2D eigenvalue weighted by molar-refractivity contribution is 5.98. The first kappa shape index (κ1) is 25.0. The minimum absolute atomic E-state index is 0.184. The summed E-state index contributed by atoms with van der Waals surface area (Å²) in [5.41, 5.74) is 1.17. The van der Waals surface area contributed by atoms with Gasteiger partial charge in [-0.05, 0) is 65.5 Å². The van der Waals surface area contributed by atoms with E-state index in [1.54, 1.807) is 23.0 Å². The number of halogens is 1. The van der Waals surface area contributed by atoms with Crippen LogP contribution in [-0.2, 0) is 4.74 Å². The molecular formula is C26H36FN5O3. The largest absolute Gasteiger partial charge is 0.474 e. The number of rotatable bonds is 3. The van der Waals surface area contributed by atoms with Crippen molar-refractivity contribution in [3.8, 4) is 5.88 Å². The van der Waals surface area contributed by atoms with E-state index in [-0.39, 0.29) is 18.0 Å². The second kappa shape index (κ2) is 10.3. The highest BCUT2D eigenvalue weighted by atomic mass is 19.1. The first-order valence-corrected chi connectivity index (χ1v) is 12.4. The van der Waals surface area contributed by atoms with Gasteiger partial charge >= 0.3 is 6.09 Å². The molecular weight excluding hydrogens is 449 g/mol. The van der Waals surface area contributed by atoms with E-state index in [9.17, 15) is 4.79 Å². The first-order valence-electron chi connectivity index (χ1n) is 12.4. The second-order valence-corrected chi connectivity index (χ2v) is 10.3. The van der Waals surface area contributed by atoms with Gasteiger partial charge in [0.15, 0.2) is 11.7 Å². The Hall–Kier alpha value is -3.10. The van der Waals surface area contributed by atoms with Gasteiger partial charge in [0.05, 0.1) is 0 Å². The third kappa shape index (κ3) is 5.94. The highest BCUT2D eigenvalue weighted by Crippen LogP contribution is 2.33. The maximum Gasteiger partial charge on any atom is 0.410 e. The van der Waals surface area contributed by atoms with Crippen molar-refractivity contribution >= 4 is 17.5 Å². The van der Waals surface area contributed by atoms with Crippen LogP contribution in [0.3, 0.4) is 0 Å². The number of aliphatic imine (C=N–C) groups is 1. The van der Waals surface area contributed by atoms with Gasteiger partial charge in [-0.2, -0.15) is 0 Å². The van der Waals surface area contributed by atoms with Gasteiger partial charge in [0, 0.05) is 56.8 Å². The van der Waals surface area contributed by atoms with Crippen LogP contribution in [-0.4, -0.2) is 76.5 Å². The summed E-state index contributed by atoms with van der Waals surface area (Å²) in [5, 5.41) is 0. The number of pyridine rings is 1. The summed E-state index contributed by atoms with van der Waals surface area (Å²) >= 11 is 0. The molecule has 3 aliphatic rings. The van der Waals surface area contributed by atoms with Crippen LogP contribution in [0.25, 0.3) is 5.57 Å². The van der Waals surface area contributed by atoms with Crippen molar-refractivity contribution in [2.24, 2.45) is 4.99 Å². The smallest absolute Gasteiger partial charge is 0.410 e. The van der Waals surface area contributed by atoms with Crippen LogP contribution in [0.4, 0.5) is 9.18 Å². The lowest BCUT2D eigenvalue weighted by molar-refractivity contribution is 0.0186. The molecule has 0 bridgehead atoms. The molecule has 9 heteroatoms. The monoisotopic (exact) mass is 485 g/mol. The summed E-state index contributed by atoms with van der Waals surface area (Å²) in [6.45, 7) is 9.32. The highest BCUT2D eigenvalue weighted by Gasteiger charge is 2.30. The Kier molecular flexibility index (Phi) is 7.33. The Morgan fingerprint density at radius 3 is 2.49 bits per heavy atom. The van der Waals surface area contributed by atoms with Crippen LogP contribution in [0.15, 0.2) is 41.2 Å². The van der Waals surface area contributed by atoms with Crippen molar-refractivity contribution in [1.29, 1.82) is 0 Å². The fourth-order valence-electron chi connectivity index (χ4n) is 4.57. The van der Waals surface area contributed by atoms with E-state index in [1.165, 1.54) is 19.0 Å². The van der Waals surface area contributed by atoms with Crippen LogP contribution < -0.4 is 4.74 Å². The van der Waals surface area contributed by atoms with Gasteiger partial charge in [-0.25, -0.2) is 19.2 Å². The van der Waals surface area contributed by atoms with Crippen LogP contribution in [0, 0.1) is 0 Å². The van der Waals surface area contributed by atoms with Gasteiger partial charge < -0.3 is 24.2 Å². The zero-order valence-electron chi connectivity index (χ0n) is 21.4. The number of amides is 1. The number of nitrogens with zero attached hydrogens (tertiary/aromatic N) is 5. The van der Waals surface area contributed by atoms with Gasteiger partial charge in [-0.1, -0.05) is 0 Å². The molecule has 1 amide bonds. The van der Waals surface area contributed by atoms with Gasteiger partial charge in [0.25, 0.3) is 0 Å². The molecule has 0 N–H and O–H groups in total. The number of amidine groups is 1. The van der Waals surface area contributed by atoms with Crippen molar-refractivity contribution in [2.45, 2.75) is 65.1 Å². The normalized spacial score (nSPS) is 21.0. The minimum atomic E-state index is -0.551. The molecule has 1 saturated heterocycles. The van der Waals surface area contributed by atoms with Gasteiger partial charge in [-0.3, -0.25) is 0 Å². The molecule has 0 unspecified atom stereocenters. The van der Waals surface area contributed by atoms with Gasteiger partial charge in [0.1, 0.15) is 17.5 Å². The molecule has 0 radical (unpaired) electrons. The van der Waals surface area contributed by atoms with E-state index in [1.807, 2.05) is 44.7 Å². The molecule has 1 aromatic heterocycles. The summed E-state index contributed by atoms with van der Waals surface area (Å²) in [4.78, 5) is 26.8. The van der Waals surface area contributed by atoms with Crippen molar-refractivity contribution in [3.05, 3.63) is 41.7 Å². The molecule has 0 atom stereocenters. The zero-order chi connectivity index (χ0) is 25.2. The fourth-order valence-corrected chi connectivity index (χ4v) is 4.57. The third-order valence-electron chi connectivity index (χ3n) is 6.39. The molecule has 190 valence electrons. The molecule has 8 nitrogen and oxygen atoms in total. The quantitative estimate of drug-likeness (QED) is 0.613. The topological polar surface area (TPSA) is 70.5 Å². The number of hydrogen-bond donors (Lipinski definition) is 0. The van der Waals surface area contributed by atoms with Crippen LogP contribution >= 0.6 is 0 Å². The molecule has 35 heavy (non-hydrogen) atoms. The van der Waals surface area contributed by atoms with Crippen molar-refractivity contribution < 1.29 is 18.7 Å². The fraction of sp³-hybridized carbons (Fsp3) is 0.577. The SMILES string of the molecule is C/C(=C1/N=C(N2CCN(C(=O)OC(C)(C)C)CC2)C(F)=CN1C)c1cccnc1OC1CCCC1. The maximum atomic E-state index is 15.0. The van der Waals surface area contributed by atoms with E-state index in [4.69, 9.17) is 14.5 Å². The van der Waals surface area contributed by atoms with E-state index in [0.717, 1.165) is 24.0 Å². The number of aromatic nitrogens is 1. The van der Waals surface area contributed by atoms with Gasteiger partial charge in [0.2, 0.25) is 5.88 Å². The Morgan fingerprint density at radius 2 is 1.83 bits per heavy atom. The molecule has 4 rings (SSSR count). The summed E-state index contributed by atoms with van der Waals surface area (Å²) in [6.07, 6.45) is 7.45. The van der Waals surface area contributed by atoms with Crippen molar-refractivity contribution in [3.63, 3.8) is 0 Å². The maximum absolute atomic E-state index is 15.0.